The second kappa shape index (κ2) is 6.00. The molecule has 1 aliphatic heterocycles. The van der Waals surface area contributed by atoms with Crippen LogP contribution in [-0.4, -0.2) is 22.1 Å². The average molecular weight is 357 g/mol. The zero-order chi connectivity index (χ0) is 17.6. The van der Waals surface area contributed by atoms with Crippen LogP contribution in [0, 0.1) is 5.82 Å². The van der Waals surface area contributed by atoms with Crippen LogP contribution in [0.2, 0.25) is 0 Å². The van der Waals surface area contributed by atoms with Gasteiger partial charge in [-0.05, 0) is 48.4 Å². The number of esters is 1. The molecule has 1 unspecified atom stereocenters. The summed E-state index contributed by atoms with van der Waals surface area (Å²) in [5.41, 5.74) is 3.50. The number of aromatic nitrogens is 2. The number of hydrogen-bond acceptors (Lipinski definition) is 5. The number of anilines is 1. The van der Waals surface area contributed by atoms with Gasteiger partial charge in [-0.3, -0.25) is 4.57 Å². The van der Waals surface area contributed by atoms with Crippen molar-refractivity contribution >= 4 is 34.3 Å². The zero-order valence-electron chi connectivity index (χ0n) is 13.7. The van der Waals surface area contributed by atoms with E-state index in [0.717, 1.165) is 11.1 Å². The molecule has 0 spiro atoms. The summed E-state index contributed by atoms with van der Waals surface area (Å²) in [7, 11) is 0. The third kappa shape index (κ3) is 2.51. The molecule has 3 aromatic rings. The average Bonchev–Trinajstić information content (AvgIpc) is 3.20. The lowest BCUT2D eigenvalue weighted by atomic mass is 9.97. The molecule has 128 valence electrons. The standard InChI is InChI=1S/C18H16FN3O2S/c1-3-24-17(23)15-10(2)20-18-21-13-8-12(19)4-5-14(13)22(18)16(15)11-6-7-25-9-11/h4-9,16H,3H2,1-2H3,(H,20,21). The molecule has 1 aromatic carbocycles. The summed E-state index contributed by atoms with van der Waals surface area (Å²) in [4.78, 5) is 17.1. The molecule has 0 aliphatic carbocycles. The van der Waals surface area contributed by atoms with Gasteiger partial charge < -0.3 is 10.1 Å². The number of rotatable bonds is 3. The van der Waals surface area contributed by atoms with Gasteiger partial charge in [-0.2, -0.15) is 11.3 Å². The minimum Gasteiger partial charge on any atom is -0.463 e. The summed E-state index contributed by atoms with van der Waals surface area (Å²) < 4.78 is 20.8. The number of allylic oxidation sites excluding steroid dienone is 1. The van der Waals surface area contributed by atoms with Gasteiger partial charge in [0, 0.05) is 11.8 Å². The summed E-state index contributed by atoms with van der Waals surface area (Å²) >= 11 is 1.56. The molecule has 1 N–H and O–H groups in total. The molecule has 0 radical (unpaired) electrons. The maximum absolute atomic E-state index is 13.6. The maximum Gasteiger partial charge on any atom is 0.338 e. The fourth-order valence-electron chi connectivity index (χ4n) is 3.21. The molecule has 5 nitrogen and oxygen atoms in total. The normalized spacial score (nSPS) is 16.7. The van der Waals surface area contributed by atoms with Crippen LogP contribution in [0.5, 0.6) is 0 Å². The first-order valence-electron chi connectivity index (χ1n) is 7.94. The van der Waals surface area contributed by atoms with Gasteiger partial charge >= 0.3 is 5.97 Å². The number of hydrogen-bond donors (Lipinski definition) is 1. The van der Waals surface area contributed by atoms with Gasteiger partial charge in [-0.15, -0.1) is 0 Å². The van der Waals surface area contributed by atoms with E-state index in [1.54, 1.807) is 24.3 Å². The predicted octanol–water partition coefficient (Wildman–Crippen LogP) is 4.09. The van der Waals surface area contributed by atoms with Crippen LogP contribution in [0.3, 0.4) is 0 Å². The van der Waals surface area contributed by atoms with E-state index >= 15 is 0 Å². The van der Waals surface area contributed by atoms with Crippen molar-refractivity contribution in [2.45, 2.75) is 19.9 Å². The third-order valence-corrected chi connectivity index (χ3v) is 4.94. The Bertz CT molecular complexity index is 991. The van der Waals surface area contributed by atoms with Crippen LogP contribution in [0.25, 0.3) is 11.0 Å². The van der Waals surface area contributed by atoms with Gasteiger partial charge in [0.05, 0.1) is 29.3 Å². The molecule has 4 rings (SSSR count). The molecule has 0 bridgehead atoms. The van der Waals surface area contributed by atoms with Crippen molar-refractivity contribution in [3.8, 4) is 0 Å². The Morgan fingerprint density at radius 1 is 1.44 bits per heavy atom. The molecule has 0 fully saturated rings. The Labute approximate surface area is 147 Å². The second-order valence-electron chi connectivity index (χ2n) is 5.78. The molecule has 1 atom stereocenters. The highest BCUT2D eigenvalue weighted by Gasteiger charge is 2.35. The summed E-state index contributed by atoms with van der Waals surface area (Å²) in [6.07, 6.45) is 0. The Morgan fingerprint density at radius 3 is 3.00 bits per heavy atom. The lowest BCUT2D eigenvalue weighted by molar-refractivity contribution is -0.139. The first-order valence-corrected chi connectivity index (χ1v) is 8.89. The number of carbonyl (C=O) groups excluding carboxylic acids is 1. The fraction of sp³-hybridized carbons (Fsp3) is 0.222. The number of benzene rings is 1. The van der Waals surface area contributed by atoms with Crippen molar-refractivity contribution in [3.05, 3.63) is 57.7 Å². The largest absolute Gasteiger partial charge is 0.463 e. The van der Waals surface area contributed by atoms with E-state index in [9.17, 15) is 9.18 Å². The molecule has 2 aromatic heterocycles. The van der Waals surface area contributed by atoms with Gasteiger partial charge in [0.25, 0.3) is 0 Å². The van der Waals surface area contributed by atoms with E-state index in [0.29, 0.717) is 29.3 Å². The number of nitrogens with one attached hydrogen (secondary N) is 1. The van der Waals surface area contributed by atoms with Crippen LogP contribution in [0.1, 0.15) is 25.5 Å². The van der Waals surface area contributed by atoms with Gasteiger partial charge in [0.15, 0.2) is 0 Å². The van der Waals surface area contributed by atoms with Crippen LogP contribution >= 0.6 is 11.3 Å². The quantitative estimate of drug-likeness (QED) is 0.718. The van der Waals surface area contributed by atoms with Gasteiger partial charge in [-0.25, -0.2) is 14.2 Å². The van der Waals surface area contributed by atoms with Crippen LogP contribution in [0.4, 0.5) is 10.3 Å². The van der Waals surface area contributed by atoms with Crippen molar-refractivity contribution in [1.29, 1.82) is 0 Å². The van der Waals surface area contributed by atoms with E-state index in [-0.39, 0.29) is 17.8 Å². The van der Waals surface area contributed by atoms with Crippen molar-refractivity contribution in [3.63, 3.8) is 0 Å². The topological polar surface area (TPSA) is 56.1 Å². The van der Waals surface area contributed by atoms with E-state index in [1.165, 1.54) is 12.1 Å². The molecular formula is C18H16FN3O2S. The highest BCUT2D eigenvalue weighted by molar-refractivity contribution is 7.08. The van der Waals surface area contributed by atoms with Gasteiger partial charge in [0.2, 0.25) is 5.95 Å². The number of fused-ring (bicyclic) bond motifs is 3. The predicted molar refractivity (Wildman–Crippen MR) is 95.1 cm³/mol. The number of imidazole rings is 1. The van der Waals surface area contributed by atoms with Crippen molar-refractivity contribution < 1.29 is 13.9 Å². The molecule has 0 amide bonds. The van der Waals surface area contributed by atoms with E-state index in [4.69, 9.17) is 4.74 Å². The summed E-state index contributed by atoms with van der Waals surface area (Å²) in [6.45, 7) is 3.91. The molecule has 0 saturated carbocycles. The first-order chi connectivity index (χ1) is 12.1. The molecule has 0 saturated heterocycles. The van der Waals surface area contributed by atoms with Gasteiger partial charge in [-0.1, -0.05) is 0 Å². The number of ether oxygens (including phenoxy) is 1. The van der Waals surface area contributed by atoms with Crippen molar-refractivity contribution in [2.24, 2.45) is 0 Å². The lowest BCUT2D eigenvalue weighted by Gasteiger charge is -2.29. The molecule has 1 aliphatic rings. The van der Waals surface area contributed by atoms with Crippen molar-refractivity contribution in [1.82, 2.24) is 9.55 Å². The summed E-state index contributed by atoms with van der Waals surface area (Å²) in [5.74, 6) is -0.119. The zero-order valence-corrected chi connectivity index (χ0v) is 14.6. The number of nitrogens with zero attached hydrogens (tertiary/aromatic N) is 2. The third-order valence-electron chi connectivity index (χ3n) is 4.24. The van der Waals surface area contributed by atoms with Crippen LogP contribution < -0.4 is 5.32 Å². The molecule has 25 heavy (non-hydrogen) atoms. The Balaban J connectivity index is 1.97. The van der Waals surface area contributed by atoms with E-state index in [1.807, 2.05) is 28.3 Å². The SMILES string of the molecule is CCOC(=O)C1=C(C)Nc2nc3cc(F)ccc3n2C1c1ccsc1. The first kappa shape index (κ1) is 15.8. The number of halogens is 1. The minimum atomic E-state index is -0.364. The Morgan fingerprint density at radius 2 is 2.28 bits per heavy atom. The minimum absolute atomic E-state index is 0.300. The lowest BCUT2D eigenvalue weighted by Crippen LogP contribution is -2.28. The number of thiophene rings is 1. The van der Waals surface area contributed by atoms with E-state index < -0.39 is 0 Å². The number of carbonyl (C=O) groups is 1. The van der Waals surface area contributed by atoms with E-state index in [2.05, 4.69) is 10.3 Å². The summed E-state index contributed by atoms with van der Waals surface area (Å²) in [6, 6.07) is 6.10. The molecule has 3 heterocycles. The monoisotopic (exact) mass is 357 g/mol. The molecular weight excluding hydrogens is 341 g/mol. The highest BCUT2D eigenvalue weighted by Crippen LogP contribution is 2.40. The van der Waals surface area contributed by atoms with Crippen LogP contribution in [-0.2, 0) is 9.53 Å². The Kier molecular flexibility index (Phi) is 3.80. The fourth-order valence-corrected chi connectivity index (χ4v) is 3.89. The van der Waals surface area contributed by atoms with Crippen molar-refractivity contribution in [2.75, 3.05) is 11.9 Å². The smallest absolute Gasteiger partial charge is 0.338 e. The Hall–Kier alpha value is -2.67. The summed E-state index contributed by atoms with van der Waals surface area (Å²) in [5, 5.41) is 7.13. The molecule has 7 heteroatoms. The highest BCUT2D eigenvalue weighted by atomic mass is 32.1. The maximum atomic E-state index is 13.6. The second-order valence-corrected chi connectivity index (χ2v) is 6.56. The van der Waals surface area contributed by atoms with Gasteiger partial charge in [0.1, 0.15) is 5.82 Å². The van der Waals surface area contributed by atoms with Crippen LogP contribution in [0.15, 0.2) is 46.3 Å².